The van der Waals surface area contributed by atoms with Crippen LogP contribution in [0.2, 0.25) is 0 Å². The standard InChI is InChI=1S/C23H43N5/c1-7-21-17-27(6)18-22(8-2)28(21)23-24-15-20(16-25-23)12-10-14-26(5)13-9-11-19(3)4/h15-16,19,21-22H,7-14,17-18H2,1-6H3. The molecule has 1 aromatic rings. The van der Waals surface area contributed by atoms with Gasteiger partial charge in [0.15, 0.2) is 0 Å². The van der Waals surface area contributed by atoms with Crippen molar-refractivity contribution in [2.75, 3.05) is 45.2 Å². The van der Waals surface area contributed by atoms with Gasteiger partial charge < -0.3 is 14.7 Å². The fraction of sp³-hybridized carbons (Fsp3) is 0.826. The van der Waals surface area contributed by atoms with Crippen LogP contribution in [0.1, 0.15) is 65.4 Å². The van der Waals surface area contributed by atoms with Crippen LogP contribution in [0.15, 0.2) is 12.4 Å². The summed E-state index contributed by atoms with van der Waals surface area (Å²) in [6.07, 6.45) is 11.2. The minimum Gasteiger partial charge on any atom is -0.332 e. The fourth-order valence-corrected chi connectivity index (χ4v) is 4.29. The maximum atomic E-state index is 4.77. The van der Waals surface area contributed by atoms with Gasteiger partial charge in [-0.15, -0.1) is 0 Å². The Labute approximate surface area is 173 Å². The van der Waals surface area contributed by atoms with E-state index in [0.717, 1.165) is 50.8 Å². The van der Waals surface area contributed by atoms with Gasteiger partial charge in [0.05, 0.1) is 0 Å². The molecule has 0 saturated carbocycles. The topological polar surface area (TPSA) is 35.5 Å². The second-order valence-corrected chi connectivity index (χ2v) is 9.09. The molecule has 0 amide bonds. The number of rotatable bonds is 11. The minimum atomic E-state index is 0.508. The molecule has 2 atom stereocenters. The summed E-state index contributed by atoms with van der Waals surface area (Å²) >= 11 is 0. The van der Waals surface area contributed by atoms with E-state index in [4.69, 9.17) is 9.97 Å². The van der Waals surface area contributed by atoms with Crippen LogP contribution in [0.3, 0.4) is 0 Å². The molecule has 0 N–H and O–H groups in total. The van der Waals surface area contributed by atoms with Crippen LogP contribution >= 0.6 is 0 Å². The van der Waals surface area contributed by atoms with E-state index in [1.165, 1.54) is 31.4 Å². The Bertz CT molecular complexity index is 530. The van der Waals surface area contributed by atoms with Crippen LogP contribution in [-0.2, 0) is 6.42 Å². The Balaban J connectivity index is 1.85. The van der Waals surface area contributed by atoms with E-state index in [1.807, 2.05) is 0 Å². The third kappa shape index (κ3) is 7.00. The monoisotopic (exact) mass is 389 g/mol. The Kier molecular flexibility index (Phi) is 9.66. The molecular formula is C23H43N5. The highest BCUT2D eigenvalue weighted by molar-refractivity contribution is 5.35. The van der Waals surface area contributed by atoms with Gasteiger partial charge in [-0.3, -0.25) is 0 Å². The Morgan fingerprint density at radius 1 is 1.04 bits per heavy atom. The van der Waals surface area contributed by atoms with Gasteiger partial charge >= 0.3 is 0 Å². The SMILES string of the molecule is CCC1CN(C)CC(CC)N1c1ncc(CCCN(C)CCCC(C)C)cn1. The molecule has 2 unspecified atom stereocenters. The molecule has 160 valence electrons. The lowest BCUT2D eigenvalue weighted by molar-refractivity contribution is 0.217. The summed E-state index contributed by atoms with van der Waals surface area (Å²) in [6, 6.07) is 1.02. The van der Waals surface area contributed by atoms with Gasteiger partial charge in [-0.05, 0) is 77.2 Å². The second-order valence-electron chi connectivity index (χ2n) is 9.09. The van der Waals surface area contributed by atoms with Crippen molar-refractivity contribution in [3.8, 4) is 0 Å². The highest BCUT2D eigenvalue weighted by Gasteiger charge is 2.32. The first-order valence-corrected chi connectivity index (χ1v) is 11.4. The molecule has 2 rings (SSSR count). The van der Waals surface area contributed by atoms with Crippen molar-refractivity contribution < 1.29 is 0 Å². The number of hydrogen-bond donors (Lipinski definition) is 0. The van der Waals surface area contributed by atoms with Crippen molar-refractivity contribution in [1.82, 2.24) is 19.8 Å². The van der Waals surface area contributed by atoms with E-state index >= 15 is 0 Å². The number of anilines is 1. The van der Waals surface area contributed by atoms with Crippen LogP contribution in [0, 0.1) is 5.92 Å². The summed E-state index contributed by atoms with van der Waals surface area (Å²) in [5.41, 5.74) is 1.26. The van der Waals surface area contributed by atoms with Crippen molar-refractivity contribution in [3.63, 3.8) is 0 Å². The average Bonchev–Trinajstić information content (AvgIpc) is 2.67. The smallest absolute Gasteiger partial charge is 0.225 e. The van der Waals surface area contributed by atoms with Crippen molar-refractivity contribution >= 4 is 5.95 Å². The Morgan fingerprint density at radius 2 is 1.61 bits per heavy atom. The molecule has 1 aliphatic heterocycles. The minimum absolute atomic E-state index is 0.508. The molecule has 0 bridgehead atoms. The molecule has 1 aromatic heterocycles. The first-order chi connectivity index (χ1) is 13.4. The molecule has 0 radical (unpaired) electrons. The molecule has 0 aromatic carbocycles. The number of nitrogens with zero attached hydrogens (tertiary/aromatic N) is 5. The highest BCUT2D eigenvalue weighted by atomic mass is 15.4. The van der Waals surface area contributed by atoms with E-state index in [0.29, 0.717) is 12.1 Å². The zero-order chi connectivity index (χ0) is 20.5. The first-order valence-electron chi connectivity index (χ1n) is 11.4. The van der Waals surface area contributed by atoms with Crippen LogP contribution < -0.4 is 4.90 Å². The normalized spacial score (nSPS) is 21.1. The highest BCUT2D eigenvalue weighted by Crippen LogP contribution is 2.24. The summed E-state index contributed by atoms with van der Waals surface area (Å²) in [5.74, 6) is 1.73. The number of piperazine rings is 1. The van der Waals surface area contributed by atoms with Gasteiger partial charge in [0, 0.05) is 37.6 Å². The summed E-state index contributed by atoms with van der Waals surface area (Å²) < 4.78 is 0. The molecule has 0 spiro atoms. The van der Waals surface area contributed by atoms with E-state index in [9.17, 15) is 0 Å². The molecular weight excluding hydrogens is 346 g/mol. The third-order valence-corrected chi connectivity index (χ3v) is 6.02. The van der Waals surface area contributed by atoms with Crippen molar-refractivity contribution in [3.05, 3.63) is 18.0 Å². The summed E-state index contributed by atoms with van der Waals surface area (Å²) in [7, 11) is 4.47. The summed E-state index contributed by atoms with van der Waals surface area (Å²) in [5, 5.41) is 0. The van der Waals surface area contributed by atoms with Gasteiger partial charge in [-0.2, -0.15) is 0 Å². The van der Waals surface area contributed by atoms with Gasteiger partial charge in [0.1, 0.15) is 0 Å². The lowest BCUT2D eigenvalue weighted by Gasteiger charge is -2.45. The Morgan fingerprint density at radius 3 is 2.14 bits per heavy atom. The van der Waals surface area contributed by atoms with E-state index in [-0.39, 0.29) is 0 Å². The van der Waals surface area contributed by atoms with Crippen LogP contribution in [0.25, 0.3) is 0 Å². The number of aromatic nitrogens is 2. The molecule has 5 nitrogen and oxygen atoms in total. The number of aryl methyl sites for hydroxylation is 1. The van der Waals surface area contributed by atoms with Gasteiger partial charge in [0.2, 0.25) is 5.95 Å². The van der Waals surface area contributed by atoms with Crippen LogP contribution in [-0.4, -0.2) is 72.1 Å². The molecule has 1 fully saturated rings. The average molecular weight is 390 g/mol. The molecule has 1 aliphatic rings. The largest absolute Gasteiger partial charge is 0.332 e. The van der Waals surface area contributed by atoms with Crippen molar-refractivity contribution in [2.24, 2.45) is 5.92 Å². The predicted octanol–water partition coefficient (Wildman–Crippen LogP) is 4.09. The second kappa shape index (κ2) is 11.7. The van der Waals surface area contributed by atoms with Gasteiger partial charge in [-0.1, -0.05) is 27.7 Å². The zero-order valence-electron chi connectivity index (χ0n) is 19.2. The quantitative estimate of drug-likeness (QED) is 0.570. The van der Waals surface area contributed by atoms with E-state index < -0.39 is 0 Å². The van der Waals surface area contributed by atoms with E-state index in [1.54, 1.807) is 0 Å². The lowest BCUT2D eigenvalue weighted by atomic mass is 10.0. The van der Waals surface area contributed by atoms with E-state index in [2.05, 4.69) is 68.9 Å². The molecule has 0 aliphatic carbocycles. The molecule has 1 saturated heterocycles. The fourth-order valence-electron chi connectivity index (χ4n) is 4.29. The van der Waals surface area contributed by atoms with Crippen LogP contribution in [0.5, 0.6) is 0 Å². The molecule has 2 heterocycles. The molecule has 28 heavy (non-hydrogen) atoms. The maximum Gasteiger partial charge on any atom is 0.225 e. The number of likely N-dealkylation sites (N-methyl/N-ethyl adjacent to an activating group) is 1. The maximum absolute atomic E-state index is 4.77. The summed E-state index contributed by atoms with van der Waals surface area (Å²) in [4.78, 5) is 16.9. The first kappa shape index (κ1) is 23.1. The Hall–Kier alpha value is -1.20. The van der Waals surface area contributed by atoms with Crippen molar-refractivity contribution in [1.29, 1.82) is 0 Å². The predicted molar refractivity (Wildman–Crippen MR) is 120 cm³/mol. The van der Waals surface area contributed by atoms with Crippen LogP contribution in [0.4, 0.5) is 5.95 Å². The van der Waals surface area contributed by atoms with Gasteiger partial charge in [0.25, 0.3) is 0 Å². The third-order valence-electron chi connectivity index (χ3n) is 6.02. The van der Waals surface area contributed by atoms with Gasteiger partial charge in [-0.25, -0.2) is 9.97 Å². The lowest BCUT2D eigenvalue weighted by Crippen LogP contribution is -2.58. The molecule has 5 heteroatoms. The van der Waals surface area contributed by atoms with Crippen molar-refractivity contribution in [2.45, 2.75) is 78.3 Å². The number of hydrogen-bond acceptors (Lipinski definition) is 5. The summed E-state index contributed by atoms with van der Waals surface area (Å²) in [6.45, 7) is 13.7. The zero-order valence-corrected chi connectivity index (χ0v) is 19.2.